The molecule has 0 aliphatic heterocycles. The smallest absolute Gasteiger partial charge is 0.147 e. The molecule has 0 saturated carbocycles. The number of aromatic nitrogens is 1. The number of thiocarbonyl (C=S) groups is 1. The normalized spacial score (nSPS) is 10.7. The number of nitrogens with one attached hydrogen (secondary N) is 1. The minimum absolute atomic E-state index is 0.182. The topological polar surface area (TPSA) is 50.9 Å². The van der Waals surface area contributed by atoms with E-state index in [0.29, 0.717) is 11.3 Å². The van der Waals surface area contributed by atoms with Crippen LogP contribution in [0.1, 0.15) is 5.56 Å². The van der Waals surface area contributed by atoms with Crippen molar-refractivity contribution in [1.29, 1.82) is 0 Å². The van der Waals surface area contributed by atoms with Gasteiger partial charge in [-0.05, 0) is 36.4 Å². The van der Waals surface area contributed by atoms with Crippen LogP contribution in [0.4, 0.5) is 15.8 Å². The number of nitrogens with two attached hydrogens (primary N) is 1. The highest BCUT2D eigenvalue weighted by molar-refractivity contribution is 7.80. The van der Waals surface area contributed by atoms with Gasteiger partial charge in [-0.2, -0.15) is 0 Å². The summed E-state index contributed by atoms with van der Waals surface area (Å²) in [4.78, 5) is 4.39. The quantitative estimate of drug-likeness (QED) is 0.722. The number of hydrogen-bond donors (Lipinski definition) is 2. The molecule has 0 aliphatic carbocycles. The highest BCUT2D eigenvalue weighted by atomic mass is 32.1. The van der Waals surface area contributed by atoms with Crippen LogP contribution >= 0.6 is 23.6 Å². The van der Waals surface area contributed by atoms with E-state index in [-0.39, 0.29) is 10.8 Å². The number of rotatable bonds is 3. The van der Waals surface area contributed by atoms with Crippen LogP contribution in [-0.2, 0) is 0 Å². The fourth-order valence-electron chi connectivity index (χ4n) is 1.86. The molecule has 20 heavy (non-hydrogen) atoms. The molecule has 3 rings (SSSR count). The monoisotopic (exact) mass is 303 g/mol. The first kappa shape index (κ1) is 13.0. The van der Waals surface area contributed by atoms with Crippen molar-refractivity contribution in [2.75, 3.05) is 5.32 Å². The third-order valence-electron chi connectivity index (χ3n) is 2.86. The first-order valence-corrected chi connectivity index (χ1v) is 7.12. The maximum absolute atomic E-state index is 14.0. The molecular formula is C14H10FN3S2. The van der Waals surface area contributed by atoms with Crippen molar-refractivity contribution >= 4 is 50.1 Å². The first-order valence-electron chi connectivity index (χ1n) is 5.83. The summed E-state index contributed by atoms with van der Waals surface area (Å²) in [6.45, 7) is 0. The van der Waals surface area contributed by atoms with E-state index in [1.54, 1.807) is 29.0 Å². The number of thiazole rings is 1. The van der Waals surface area contributed by atoms with Crippen LogP contribution in [0.3, 0.4) is 0 Å². The lowest BCUT2D eigenvalue weighted by molar-refractivity contribution is 0.631. The zero-order valence-electron chi connectivity index (χ0n) is 10.3. The van der Waals surface area contributed by atoms with Crippen molar-refractivity contribution < 1.29 is 4.39 Å². The predicted octanol–water partition coefficient (Wildman–Crippen LogP) is 3.81. The summed E-state index contributed by atoms with van der Waals surface area (Å²) in [5, 5.41) is 3.04. The number of anilines is 2. The highest BCUT2D eigenvalue weighted by Gasteiger charge is 2.06. The van der Waals surface area contributed by atoms with Crippen LogP contribution in [0.2, 0.25) is 0 Å². The lowest BCUT2D eigenvalue weighted by Gasteiger charge is -2.09. The fourth-order valence-corrected chi connectivity index (χ4v) is 2.70. The molecule has 1 heterocycles. The van der Waals surface area contributed by atoms with E-state index in [2.05, 4.69) is 10.3 Å². The van der Waals surface area contributed by atoms with Crippen LogP contribution in [0, 0.1) is 5.82 Å². The molecule has 0 saturated heterocycles. The Bertz CT molecular complexity index is 798. The van der Waals surface area contributed by atoms with E-state index in [9.17, 15) is 4.39 Å². The Morgan fingerprint density at radius 1 is 1.25 bits per heavy atom. The van der Waals surface area contributed by atoms with E-state index < -0.39 is 0 Å². The molecule has 0 unspecified atom stereocenters. The second-order valence-corrected chi connectivity index (χ2v) is 5.54. The lowest BCUT2D eigenvalue weighted by Crippen LogP contribution is -2.09. The maximum atomic E-state index is 14.0. The number of hydrogen-bond acceptors (Lipinski definition) is 4. The lowest BCUT2D eigenvalue weighted by atomic mass is 10.2. The van der Waals surface area contributed by atoms with Crippen LogP contribution in [-0.4, -0.2) is 9.97 Å². The summed E-state index contributed by atoms with van der Waals surface area (Å²) in [6, 6.07) is 10.3. The van der Waals surface area contributed by atoms with Crippen molar-refractivity contribution in [3.63, 3.8) is 0 Å². The number of fused-ring (bicyclic) bond motifs is 1. The minimum atomic E-state index is -0.389. The van der Waals surface area contributed by atoms with Crippen molar-refractivity contribution in [3.05, 3.63) is 53.3 Å². The molecule has 3 N–H and O–H groups in total. The summed E-state index contributed by atoms with van der Waals surface area (Å²) in [5.41, 5.74) is 9.90. The van der Waals surface area contributed by atoms with Gasteiger partial charge in [0.2, 0.25) is 0 Å². The van der Waals surface area contributed by atoms with E-state index in [4.69, 9.17) is 18.0 Å². The van der Waals surface area contributed by atoms with Crippen LogP contribution < -0.4 is 11.1 Å². The van der Waals surface area contributed by atoms with Crippen molar-refractivity contribution in [3.8, 4) is 0 Å². The second-order valence-electron chi connectivity index (χ2n) is 4.22. The van der Waals surface area contributed by atoms with E-state index in [1.807, 2.05) is 18.2 Å². The van der Waals surface area contributed by atoms with Crippen molar-refractivity contribution in [2.24, 2.45) is 5.73 Å². The Morgan fingerprint density at radius 3 is 2.85 bits per heavy atom. The molecule has 2 aromatic carbocycles. The predicted molar refractivity (Wildman–Crippen MR) is 85.2 cm³/mol. The first-order chi connectivity index (χ1) is 9.63. The van der Waals surface area contributed by atoms with Gasteiger partial charge in [0.15, 0.2) is 0 Å². The zero-order chi connectivity index (χ0) is 14.1. The fraction of sp³-hybridized carbons (Fsp3) is 0. The SMILES string of the molecule is NC(=S)c1ccc(Nc2ccc3ncsc3c2)c(F)c1. The molecule has 0 aliphatic rings. The molecule has 0 spiro atoms. The van der Waals surface area contributed by atoms with Gasteiger partial charge < -0.3 is 11.1 Å². The van der Waals surface area contributed by atoms with Gasteiger partial charge in [0, 0.05) is 11.3 Å². The summed E-state index contributed by atoms with van der Waals surface area (Å²) in [5.74, 6) is -0.389. The summed E-state index contributed by atoms with van der Waals surface area (Å²) >= 11 is 6.37. The van der Waals surface area contributed by atoms with Gasteiger partial charge in [0.25, 0.3) is 0 Å². The molecule has 100 valence electrons. The summed E-state index contributed by atoms with van der Waals surface area (Å²) in [7, 11) is 0. The standard InChI is InChI=1S/C14H10FN3S2/c15-10-5-8(14(16)19)1-3-11(10)18-9-2-4-12-13(6-9)20-7-17-12/h1-7,18H,(H2,16,19). The zero-order valence-corrected chi connectivity index (χ0v) is 11.9. The van der Waals surface area contributed by atoms with E-state index in [0.717, 1.165) is 15.9 Å². The molecule has 0 fully saturated rings. The maximum Gasteiger partial charge on any atom is 0.147 e. The third kappa shape index (κ3) is 2.48. The largest absolute Gasteiger partial charge is 0.389 e. The Kier molecular flexibility index (Phi) is 3.33. The van der Waals surface area contributed by atoms with Gasteiger partial charge in [0.1, 0.15) is 10.8 Å². The Balaban J connectivity index is 1.92. The third-order valence-corrected chi connectivity index (χ3v) is 3.89. The van der Waals surface area contributed by atoms with E-state index in [1.165, 1.54) is 6.07 Å². The Morgan fingerprint density at radius 2 is 2.10 bits per heavy atom. The number of benzene rings is 2. The van der Waals surface area contributed by atoms with E-state index >= 15 is 0 Å². The van der Waals surface area contributed by atoms with Crippen LogP contribution in [0.25, 0.3) is 10.2 Å². The second kappa shape index (κ2) is 5.15. The average Bonchev–Trinajstić information content (AvgIpc) is 2.88. The molecule has 0 radical (unpaired) electrons. The molecular weight excluding hydrogens is 293 g/mol. The van der Waals surface area contributed by atoms with Crippen molar-refractivity contribution in [1.82, 2.24) is 4.98 Å². The molecule has 3 aromatic rings. The van der Waals surface area contributed by atoms with Gasteiger partial charge in [-0.15, -0.1) is 11.3 Å². The summed E-state index contributed by atoms with van der Waals surface area (Å²) < 4.78 is 15.0. The summed E-state index contributed by atoms with van der Waals surface area (Å²) in [6.07, 6.45) is 0. The molecule has 0 amide bonds. The number of nitrogens with zero attached hydrogens (tertiary/aromatic N) is 1. The molecule has 6 heteroatoms. The van der Waals surface area contributed by atoms with Crippen LogP contribution in [0.5, 0.6) is 0 Å². The van der Waals surface area contributed by atoms with Gasteiger partial charge in [0.05, 0.1) is 21.4 Å². The van der Waals surface area contributed by atoms with Gasteiger partial charge >= 0.3 is 0 Å². The van der Waals surface area contributed by atoms with Gasteiger partial charge in [-0.25, -0.2) is 9.37 Å². The highest BCUT2D eigenvalue weighted by Crippen LogP contribution is 2.26. The molecule has 1 aromatic heterocycles. The Labute approximate surface area is 124 Å². The minimum Gasteiger partial charge on any atom is -0.389 e. The molecule has 3 nitrogen and oxygen atoms in total. The number of halogens is 1. The Hall–Kier alpha value is -2.05. The van der Waals surface area contributed by atoms with Crippen LogP contribution in [0.15, 0.2) is 41.9 Å². The molecule has 0 bridgehead atoms. The molecule has 0 atom stereocenters. The van der Waals surface area contributed by atoms with Gasteiger partial charge in [-0.1, -0.05) is 12.2 Å². The average molecular weight is 303 g/mol. The van der Waals surface area contributed by atoms with Gasteiger partial charge in [-0.3, -0.25) is 0 Å². The van der Waals surface area contributed by atoms with Crippen molar-refractivity contribution in [2.45, 2.75) is 0 Å².